The number of carbonyl (C=O) groups is 1. The van der Waals surface area contributed by atoms with Crippen LogP contribution in [-0.2, 0) is 17.6 Å². The highest BCUT2D eigenvalue weighted by Gasteiger charge is 2.30. The van der Waals surface area contributed by atoms with E-state index in [4.69, 9.17) is 4.98 Å². The molecule has 3 rings (SSSR count). The van der Waals surface area contributed by atoms with Crippen molar-refractivity contribution in [3.63, 3.8) is 0 Å². The summed E-state index contributed by atoms with van der Waals surface area (Å²) in [5, 5.41) is 13.3. The normalized spacial score (nSPS) is 17.9. The predicted molar refractivity (Wildman–Crippen MR) is 127 cm³/mol. The van der Waals surface area contributed by atoms with E-state index < -0.39 is 0 Å². The number of nitrogens with one attached hydrogen (secondary N) is 1. The lowest BCUT2D eigenvalue weighted by Gasteiger charge is -2.34. The fourth-order valence-corrected chi connectivity index (χ4v) is 5.15. The highest BCUT2D eigenvalue weighted by atomic mass is 32.2. The second-order valence-corrected chi connectivity index (χ2v) is 10.7. The van der Waals surface area contributed by atoms with Gasteiger partial charge in [-0.25, -0.2) is 4.98 Å². The molecule has 3 atom stereocenters. The lowest BCUT2D eigenvalue weighted by Crippen LogP contribution is -2.34. The lowest BCUT2D eigenvalue weighted by atomic mass is 9.71. The van der Waals surface area contributed by atoms with Crippen LogP contribution in [0, 0.1) is 22.7 Å². The Morgan fingerprint density at radius 2 is 2.03 bits per heavy atom. The van der Waals surface area contributed by atoms with E-state index in [0.717, 1.165) is 30.5 Å². The third-order valence-corrected chi connectivity index (χ3v) is 7.64. The summed E-state index contributed by atoms with van der Waals surface area (Å²) < 4.78 is 0. The third kappa shape index (κ3) is 5.68. The lowest BCUT2D eigenvalue weighted by molar-refractivity contribution is -0.121. The van der Waals surface area contributed by atoms with E-state index in [1.54, 1.807) is 0 Å². The highest BCUT2D eigenvalue weighted by Crippen LogP contribution is 2.38. The number of rotatable bonds is 6. The summed E-state index contributed by atoms with van der Waals surface area (Å²) in [7, 11) is 0. The Balaban J connectivity index is 1.76. The van der Waals surface area contributed by atoms with Gasteiger partial charge in [-0.2, -0.15) is 5.26 Å². The number of thioether (sulfide) groups is 1. The van der Waals surface area contributed by atoms with Crippen molar-refractivity contribution in [3.8, 4) is 6.07 Å². The number of nitriles is 1. The zero-order valence-corrected chi connectivity index (χ0v) is 20.1. The molecule has 164 valence electrons. The summed E-state index contributed by atoms with van der Waals surface area (Å²) in [5.41, 5.74) is 4.20. The number of benzene rings is 1. The predicted octanol–water partition coefficient (Wildman–Crippen LogP) is 5.85. The van der Waals surface area contributed by atoms with E-state index in [9.17, 15) is 10.1 Å². The van der Waals surface area contributed by atoms with E-state index in [-0.39, 0.29) is 22.6 Å². The molecule has 1 amide bonds. The van der Waals surface area contributed by atoms with Crippen molar-refractivity contribution in [2.75, 3.05) is 0 Å². The Morgan fingerprint density at radius 3 is 2.65 bits per heavy atom. The van der Waals surface area contributed by atoms with Crippen molar-refractivity contribution in [1.82, 2.24) is 10.3 Å². The Bertz CT molecular complexity index is 959. The molecule has 1 aromatic carbocycles. The number of nitrogens with zero attached hydrogens (tertiary/aromatic N) is 2. The maximum Gasteiger partial charge on any atom is 0.234 e. The smallest absolute Gasteiger partial charge is 0.234 e. The summed E-state index contributed by atoms with van der Waals surface area (Å²) >= 11 is 1.42. The minimum atomic E-state index is -0.283. The molecule has 0 saturated heterocycles. The van der Waals surface area contributed by atoms with E-state index in [1.807, 2.05) is 50.2 Å². The van der Waals surface area contributed by atoms with Crippen LogP contribution in [0.3, 0.4) is 0 Å². The van der Waals surface area contributed by atoms with Crippen LogP contribution in [0.1, 0.15) is 75.9 Å². The monoisotopic (exact) mass is 435 g/mol. The van der Waals surface area contributed by atoms with Crippen molar-refractivity contribution in [1.29, 1.82) is 5.26 Å². The van der Waals surface area contributed by atoms with E-state index in [0.29, 0.717) is 22.9 Å². The van der Waals surface area contributed by atoms with Gasteiger partial charge in [-0.05, 0) is 61.1 Å². The van der Waals surface area contributed by atoms with Crippen molar-refractivity contribution >= 4 is 17.7 Å². The van der Waals surface area contributed by atoms with E-state index >= 15 is 0 Å². The van der Waals surface area contributed by atoms with Gasteiger partial charge in [0.1, 0.15) is 11.1 Å². The molecule has 5 heteroatoms. The van der Waals surface area contributed by atoms with Crippen molar-refractivity contribution < 1.29 is 4.79 Å². The maximum absolute atomic E-state index is 13.0. The van der Waals surface area contributed by atoms with Crippen LogP contribution in [0.4, 0.5) is 0 Å². The SMILES string of the molecule is CCC(Sc1nc2c(cc1C#N)CC(C(C)(C)C)CC2)C(=O)NC(C)c1ccccc1. The minimum absolute atomic E-state index is 0.0138. The first-order chi connectivity index (χ1) is 14.7. The zero-order chi connectivity index (χ0) is 22.6. The van der Waals surface area contributed by atoms with Gasteiger partial charge < -0.3 is 5.32 Å². The Hall–Kier alpha value is -2.32. The van der Waals surface area contributed by atoms with Gasteiger partial charge in [-0.3, -0.25) is 4.79 Å². The average molecular weight is 436 g/mol. The molecule has 0 radical (unpaired) electrons. The van der Waals surface area contributed by atoms with Gasteiger partial charge >= 0.3 is 0 Å². The van der Waals surface area contributed by atoms with Crippen LogP contribution >= 0.6 is 11.8 Å². The topological polar surface area (TPSA) is 65.8 Å². The largest absolute Gasteiger partial charge is 0.349 e. The summed E-state index contributed by atoms with van der Waals surface area (Å²) in [6.07, 6.45) is 3.70. The van der Waals surface area contributed by atoms with Gasteiger partial charge in [0.2, 0.25) is 5.91 Å². The summed E-state index contributed by atoms with van der Waals surface area (Å²) in [6.45, 7) is 10.8. The minimum Gasteiger partial charge on any atom is -0.349 e. The molecule has 1 aromatic heterocycles. The maximum atomic E-state index is 13.0. The number of carbonyl (C=O) groups excluding carboxylic acids is 1. The fourth-order valence-electron chi connectivity index (χ4n) is 4.14. The molecule has 0 bridgehead atoms. The number of aryl methyl sites for hydroxylation is 1. The van der Waals surface area contributed by atoms with E-state index in [1.165, 1.54) is 17.3 Å². The summed E-state index contributed by atoms with van der Waals surface area (Å²) in [4.78, 5) is 17.8. The first-order valence-corrected chi connectivity index (χ1v) is 12.1. The first kappa shape index (κ1) is 23.3. The highest BCUT2D eigenvalue weighted by molar-refractivity contribution is 8.00. The molecule has 2 aromatic rings. The van der Waals surface area contributed by atoms with E-state index in [2.05, 4.69) is 32.2 Å². The third-order valence-electron chi connectivity index (χ3n) is 6.27. The number of hydrogen-bond donors (Lipinski definition) is 1. The van der Waals surface area contributed by atoms with Crippen LogP contribution in [0.5, 0.6) is 0 Å². The summed E-state index contributed by atoms with van der Waals surface area (Å²) in [5.74, 6) is 0.584. The Kier molecular flexibility index (Phi) is 7.43. The van der Waals surface area contributed by atoms with Gasteiger partial charge in [0, 0.05) is 5.69 Å². The van der Waals surface area contributed by atoms with Crippen molar-refractivity contribution in [2.24, 2.45) is 11.3 Å². The van der Waals surface area contributed by atoms with Gasteiger partial charge in [-0.1, -0.05) is 69.8 Å². The number of amides is 1. The van der Waals surface area contributed by atoms with Crippen LogP contribution < -0.4 is 5.32 Å². The molecule has 3 unspecified atom stereocenters. The first-order valence-electron chi connectivity index (χ1n) is 11.2. The molecule has 1 heterocycles. The number of aromatic nitrogens is 1. The van der Waals surface area contributed by atoms with Gasteiger partial charge in [0.05, 0.1) is 16.9 Å². The second kappa shape index (κ2) is 9.87. The average Bonchev–Trinajstić information content (AvgIpc) is 2.76. The summed E-state index contributed by atoms with van der Waals surface area (Å²) in [6, 6.07) is 14.2. The fraction of sp³-hybridized carbons (Fsp3) is 0.500. The number of pyridine rings is 1. The van der Waals surface area contributed by atoms with Crippen LogP contribution in [0.2, 0.25) is 0 Å². The molecule has 0 saturated carbocycles. The van der Waals surface area contributed by atoms with Gasteiger partial charge in [-0.15, -0.1) is 0 Å². The van der Waals surface area contributed by atoms with Gasteiger partial charge in [0.25, 0.3) is 0 Å². The van der Waals surface area contributed by atoms with Crippen molar-refractivity contribution in [3.05, 3.63) is 58.8 Å². The Morgan fingerprint density at radius 1 is 1.32 bits per heavy atom. The number of hydrogen-bond acceptors (Lipinski definition) is 4. The molecule has 4 nitrogen and oxygen atoms in total. The van der Waals surface area contributed by atoms with Gasteiger partial charge in [0.15, 0.2) is 0 Å². The standard InChI is InChI=1S/C26H33N3OS/c1-6-23(24(30)28-17(2)18-10-8-7-9-11-18)31-25-20(16-27)14-19-15-21(26(3,4)5)12-13-22(19)29-25/h7-11,14,17,21,23H,6,12-13,15H2,1-5H3,(H,28,30). The van der Waals surface area contributed by atoms with Crippen LogP contribution in [0.15, 0.2) is 41.4 Å². The molecule has 1 N–H and O–H groups in total. The molecule has 1 aliphatic carbocycles. The second-order valence-electron chi connectivity index (χ2n) is 9.52. The molecule has 0 spiro atoms. The molecular weight excluding hydrogens is 402 g/mol. The molecular formula is C26H33N3OS. The quantitative estimate of drug-likeness (QED) is 0.578. The van der Waals surface area contributed by atoms with Crippen LogP contribution in [0.25, 0.3) is 0 Å². The zero-order valence-electron chi connectivity index (χ0n) is 19.2. The molecule has 1 aliphatic rings. The Labute approximate surface area is 190 Å². The molecule has 0 fully saturated rings. The number of fused-ring (bicyclic) bond motifs is 1. The van der Waals surface area contributed by atoms with Crippen molar-refractivity contribution in [2.45, 2.75) is 76.6 Å². The molecule has 31 heavy (non-hydrogen) atoms. The van der Waals surface area contributed by atoms with Crippen LogP contribution in [-0.4, -0.2) is 16.1 Å². The molecule has 0 aliphatic heterocycles.